The Morgan fingerprint density at radius 1 is 1.22 bits per heavy atom. The zero-order valence-corrected chi connectivity index (χ0v) is 13.9. The van der Waals surface area contributed by atoms with Crippen LogP contribution in [0.15, 0.2) is 24.5 Å². The quantitative estimate of drug-likeness (QED) is 0.882. The van der Waals surface area contributed by atoms with Crippen LogP contribution in [0.3, 0.4) is 0 Å². The first-order valence-corrected chi connectivity index (χ1v) is 9.18. The van der Waals surface area contributed by atoms with Crippen molar-refractivity contribution in [3.63, 3.8) is 0 Å². The fourth-order valence-electron chi connectivity index (χ4n) is 2.97. The summed E-state index contributed by atoms with van der Waals surface area (Å²) in [7, 11) is 0. The lowest BCUT2D eigenvalue weighted by Gasteiger charge is -2.31. The van der Waals surface area contributed by atoms with E-state index in [0.717, 1.165) is 49.9 Å². The summed E-state index contributed by atoms with van der Waals surface area (Å²) < 4.78 is 0. The number of nitrogens with zero attached hydrogens (tertiary/aromatic N) is 3. The van der Waals surface area contributed by atoms with E-state index in [1.807, 2.05) is 29.8 Å². The van der Waals surface area contributed by atoms with Crippen LogP contribution >= 0.6 is 11.3 Å². The van der Waals surface area contributed by atoms with E-state index in [1.54, 1.807) is 0 Å². The van der Waals surface area contributed by atoms with Crippen molar-refractivity contribution in [1.82, 2.24) is 9.97 Å². The lowest BCUT2D eigenvalue weighted by molar-refractivity contribution is 0.145. The zero-order valence-electron chi connectivity index (χ0n) is 13.1. The van der Waals surface area contributed by atoms with Crippen LogP contribution in [0.4, 0.5) is 11.5 Å². The average Bonchev–Trinajstić information content (AvgIpc) is 3.33. The van der Waals surface area contributed by atoms with Crippen LogP contribution in [0.25, 0.3) is 0 Å². The first-order chi connectivity index (χ1) is 11.3. The molecule has 2 N–H and O–H groups in total. The number of nitrogens with one attached hydrogen (secondary N) is 1. The molecule has 2 aromatic heterocycles. The number of aromatic nitrogens is 2. The van der Waals surface area contributed by atoms with Gasteiger partial charge >= 0.3 is 0 Å². The largest absolute Gasteiger partial charge is 0.393 e. The third-order valence-electron chi connectivity index (χ3n) is 4.50. The molecule has 5 nitrogen and oxygen atoms in total. The van der Waals surface area contributed by atoms with Crippen LogP contribution in [0, 0.1) is 0 Å². The van der Waals surface area contributed by atoms with Gasteiger partial charge in [0.05, 0.1) is 23.3 Å². The van der Waals surface area contributed by atoms with Gasteiger partial charge in [0.2, 0.25) is 0 Å². The fraction of sp³-hybridized carbons (Fsp3) is 0.529. The van der Waals surface area contributed by atoms with E-state index in [4.69, 9.17) is 0 Å². The lowest BCUT2D eigenvalue weighted by Crippen LogP contribution is -2.36. The monoisotopic (exact) mass is 330 g/mol. The minimum atomic E-state index is -0.163. The maximum Gasteiger partial charge on any atom is 0.151 e. The predicted molar refractivity (Wildman–Crippen MR) is 93.1 cm³/mol. The summed E-state index contributed by atoms with van der Waals surface area (Å²) in [6, 6.07) is 4.04. The van der Waals surface area contributed by atoms with E-state index in [-0.39, 0.29) is 6.10 Å². The molecule has 2 aromatic rings. The molecule has 1 aliphatic carbocycles. The molecule has 1 saturated heterocycles. The topological polar surface area (TPSA) is 61.3 Å². The molecule has 2 aliphatic rings. The molecule has 0 radical (unpaired) electrons. The van der Waals surface area contributed by atoms with Gasteiger partial charge in [-0.15, -0.1) is 11.3 Å². The Labute approximate surface area is 140 Å². The van der Waals surface area contributed by atoms with Gasteiger partial charge in [-0.1, -0.05) is 0 Å². The molecular formula is C17H22N4OS. The minimum absolute atomic E-state index is 0.163. The van der Waals surface area contributed by atoms with Crippen molar-refractivity contribution in [2.24, 2.45) is 0 Å². The first-order valence-electron chi connectivity index (χ1n) is 8.36. The molecule has 2 fully saturated rings. The van der Waals surface area contributed by atoms with Crippen molar-refractivity contribution in [2.45, 2.75) is 44.2 Å². The fourth-order valence-corrected chi connectivity index (χ4v) is 4.00. The van der Waals surface area contributed by atoms with Gasteiger partial charge in [-0.2, -0.15) is 0 Å². The average molecular weight is 330 g/mol. The van der Waals surface area contributed by atoms with Crippen molar-refractivity contribution in [2.75, 3.05) is 23.3 Å². The highest BCUT2D eigenvalue weighted by molar-refractivity contribution is 7.11. The summed E-state index contributed by atoms with van der Waals surface area (Å²) in [6.45, 7) is 2.51. The van der Waals surface area contributed by atoms with Crippen molar-refractivity contribution in [3.05, 3.63) is 34.4 Å². The van der Waals surface area contributed by atoms with Crippen LogP contribution in [0.5, 0.6) is 0 Å². The number of aliphatic hydroxyl groups is 1. The summed E-state index contributed by atoms with van der Waals surface area (Å²) in [6.07, 6.45) is 7.90. The van der Waals surface area contributed by atoms with Gasteiger partial charge in [-0.05, 0) is 37.8 Å². The highest BCUT2D eigenvalue weighted by Gasteiger charge is 2.26. The van der Waals surface area contributed by atoms with E-state index in [0.29, 0.717) is 0 Å². The number of pyridine rings is 1. The summed E-state index contributed by atoms with van der Waals surface area (Å²) in [5.41, 5.74) is 1.06. The number of thiazole rings is 1. The van der Waals surface area contributed by atoms with E-state index < -0.39 is 0 Å². The van der Waals surface area contributed by atoms with Crippen LogP contribution in [-0.2, 0) is 6.54 Å². The lowest BCUT2D eigenvalue weighted by atomic mass is 10.1. The van der Waals surface area contributed by atoms with E-state index in [1.165, 1.54) is 22.7 Å². The van der Waals surface area contributed by atoms with E-state index >= 15 is 0 Å². The van der Waals surface area contributed by atoms with Crippen LogP contribution < -0.4 is 10.2 Å². The molecule has 1 aliphatic heterocycles. The highest BCUT2D eigenvalue weighted by Crippen LogP contribution is 2.41. The summed E-state index contributed by atoms with van der Waals surface area (Å²) >= 11 is 1.82. The number of rotatable bonds is 5. The van der Waals surface area contributed by atoms with Crippen molar-refractivity contribution in [3.8, 4) is 0 Å². The Morgan fingerprint density at radius 3 is 2.83 bits per heavy atom. The molecule has 0 amide bonds. The second-order valence-electron chi connectivity index (χ2n) is 6.39. The third-order valence-corrected chi connectivity index (χ3v) is 5.66. The van der Waals surface area contributed by atoms with Gasteiger partial charge in [0.25, 0.3) is 0 Å². The standard InChI is InChI=1S/C17H22N4OS/c22-13-5-8-21(9-6-13)16-15(2-1-7-18-16)19-10-14-11-20-17(23-14)12-3-4-12/h1-2,7,11-13,19,22H,3-6,8-10H2. The summed E-state index contributed by atoms with van der Waals surface area (Å²) in [4.78, 5) is 12.6. The third kappa shape index (κ3) is 3.48. The maximum absolute atomic E-state index is 9.68. The molecule has 0 atom stereocenters. The zero-order chi connectivity index (χ0) is 15.6. The second-order valence-corrected chi connectivity index (χ2v) is 7.53. The van der Waals surface area contributed by atoms with Gasteiger partial charge in [0.15, 0.2) is 5.82 Å². The number of hydrogen-bond donors (Lipinski definition) is 2. The van der Waals surface area contributed by atoms with Gasteiger partial charge in [0.1, 0.15) is 0 Å². The van der Waals surface area contributed by atoms with E-state index in [2.05, 4.69) is 26.3 Å². The molecule has 0 unspecified atom stereocenters. The Bertz CT molecular complexity index is 662. The first kappa shape index (κ1) is 14.9. The Hall–Kier alpha value is -1.66. The normalized spacial score (nSPS) is 19.1. The van der Waals surface area contributed by atoms with Gasteiger partial charge in [-0.25, -0.2) is 9.97 Å². The highest BCUT2D eigenvalue weighted by atomic mass is 32.1. The SMILES string of the molecule is OC1CCN(c2ncccc2NCc2cnc(C3CC3)s2)CC1. The molecule has 4 rings (SSSR count). The Morgan fingerprint density at radius 2 is 2.04 bits per heavy atom. The summed E-state index contributed by atoms with van der Waals surface area (Å²) in [5.74, 6) is 1.72. The van der Waals surface area contributed by atoms with Crippen molar-refractivity contribution >= 4 is 22.8 Å². The molecule has 6 heteroatoms. The molecule has 3 heterocycles. The molecule has 122 valence electrons. The van der Waals surface area contributed by atoms with Crippen molar-refractivity contribution < 1.29 is 5.11 Å². The van der Waals surface area contributed by atoms with Crippen LogP contribution in [-0.4, -0.2) is 34.3 Å². The number of aliphatic hydroxyl groups excluding tert-OH is 1. The van der Waals surface area contributed by atoms with Gasteiger partial charge in [-0.3, -0.25) is 0 Å². The minimum Gasteiger partial charge on any atom is -0.393 e. The number of piperidine rings is 1. The van der Waals surface area contributed by atoms with Crippen molar-refractivity contribution in [1.29, 1.82) is 0 Å². The summed E-state index contributed by atoms with van der Waals surface area (Å²) in [5, 5.41) is 14.5. The molecule has 0 bridgehead atoms. The molecule has 1 saturated carbocycles. The molecule has 0 spiro atoms. The molecule has 0 aromatic carbocycles. The van der Waals surface area contributed by atoms with Crippen LogP contribution in [0.2, 0.25) is 0 Å². The van der Waals surface area contributed by atoms with Gasteiger partial charge < -0.3 is 15.3 Å². The smallest absolute Gasteiger partial charge is 0.151 e. The second kappa shape index (κ2) is 6.45. The number of hydrogen-bond acceptors (Lipinski definition) is 6. The Balaban J connectivity index is 1.43. The number of anilines is 2. The predicted octanol–water partition coefficient (Wildman–Crippen LogP) is 2.99. The molecule has 23 heavy (non-hydrogen) atoms. The van der Waals surface area contributed by atoms with E-state index in [9.17, 15) is 5.11 Å². The van der Waals surface area contributed by atoms with Gasteiger partial charge in [0, 0.05) is 36.3 Å². The molecular weight excluding hydrogens is 308 g/mol. The maximum atomic E-state index is 9.68. The Kier molecular flexibility index (Phi) is 4.18. The van der Waals surface area contributed by atoms with Crippen LogP contribution in [0.1, 0.15) is 41.5 Å².